The first-order valence-corrected chi connectivity index (χ1v) is 15.4. The number of rotatable bonds is 9. The number of nitro groups is 1. The first kappa shape index (κ1) is 29.8. The number of anilines is 1. The molecule has 1 N–H and O–H groups in total. The quantitative estimate of drug-likeness (QED) is 0.186. The summed E-state index contributed by atoms with van der Waals surface area (Å²) in [6.45, 7) is 0.573. The van der Waals surface area contributed by atoms with Gasteiger partial charge in [-0.1, -0.05) is 18.2 Å². The fraction of sp³-hybridized carbons (Fsp3) is 0.207. The van der Waals surface area contributed by atoms with Crippen LogP contribution in [0.15, 0.2) is 82.4 Å². The number of nitrogens with one attached hydrogen (secondary N) is 1. The molecule has 1 aliphatic heterocycles. The van der Waals surface area contributed by atoms with Gasteiger partial charge >= 0.3 is 6.03 Å². The molecule has 14 heteroatoms. The number of hydrogen-bond donors (Lipinski definition) is 1. The van der Waals surface area contributed by atoms with Crippen molar-refractivity contribution in [1.29, 1.82) is 0 Å². The summed E-state index contributed by atoms with van der Waals surface area (Å²) in [4.78, 5) is 24.6. The van der Waals surface area contributed by atoms with E-state index in [0.717, 1.165) is 11.3 Å². The predicted octanol–water partition coefficient (Wildman–Crippen LogP) is 5.67. The predicted molar refractivity (Wildman–Crippen MR) is 162 cm³/mol. The SMILES string of the molecule is COc1ccc(Oc2ccccc2-c2ccsc2S(=O)(=O)N2CCN(C(=O)Nc3ccc([N+](=O)[O-])cc3)CC2)cc1OC. The van der Waals surface area contributed by atoms with Crippen molar-refractivity contribution < 1.29 is 32.3 Å². The highest BCUT2D eigenvalue weighted by atomic mass is 32.2. The maximum atomic E-state index is 13.8. The fourth-order valence-electron chi connectivity index (χ4n) is 4.60. The minimum atomic E-state index is -3.89. The molecule has 0 atom stereocenters. The van der Waals surface area contributed by atoms with E-state index in [-0.39, 0.29) is 36.1 Å². The van der Waals surface area contributed by atoms with Crippen LogP contribution >= 0.6 is 11.3 Å². The lowest BCUT2D eigenvalue weighted by Crippen LogP contribution is -2.51. The second-order valence-corrected chi connectivity index (χ2v) is 12.4. The minimum Gasteiger partial charge on any atom is -0.493 e. The highest BCUT2D eigenvalue weighted by Gasteiger charge is 2.33. The zero-order valence-corrected chi connectivity index (χ0v) is 24.9. The monoisotopic (exact) mass is 624 g/mol. The molecule has 4 aromatic rings. The number of amides is 2. The van der Waals surface area contributed by atoms with E-state index in [1.807, 2.05) is 6.07 Å². The molecule has 0 saturated carbocycles. The standard InChI is InChI=1S/C29H28N4O8S2/c1-39-26-12-11-22(19-27(26)40-2)41-25-6-4-3-5-23(25)24-13-18-42-28(24)43(37,38)32-16-14-31(15-17-32)29(34)30-20-7-9-21(10-8-20)33(35)36/h3-13,18-19H,14-17H2,1-2H3,(H,30,34). The maximum absolute atomic E-state index is 13.8. The van der Waals surface area contributed by atoms with E-state index in [9.17, 15) is 23.3 Å². The molecule has 43 heavy (non-hydrogen) atoms. The largest absolute Gasteiger partial charge is 0.493 e. The summed E-state index contributed by atoms with van der Waals surface area (Å²) in [6, 6.07) is 19.2. The molecule has 2 amide bonds. The zero-order valence-electron chi connectivity index (χ0n) is 23.3. The third-order valence-corrected chi connectivity index (χ3v) is 10.2. The average molecular weight is 625 g/mol. The van der Waals surface area contributed by atoms with E-state index in [1.165, 1.54) is 40.6 Å². The van der Waals surface area contributed by atoms with E-state index < -0.39 is 21.0 Å². The van der Waals surface area contributed by atoms with Crippen LogP contribution in [0.3, 0.4) is 0 Å². The number of sulfonamides is 1. The van der Waals surface area contributed by atoms with Gasteiger partial charge in [0.1, 0.15) is 15.7 Å². The lowest BCUT2D eigenvalue weighted by molar-refractivity contribution is -0.384. The van der Waals surface area contributed by atoms with Crippen molar-refractivity contribution in [2.24, 2.45) is 0 Å². The number of piperazine rings is 1. The van der Waals surface area contributed by atoms with E-state index in [0.29, 0.717) is 39.8 Å². The third-order valence-electron chi connectivity index (χ3n) is 6.82. The maximum Gasteiger partial charge on any atom is 0.321 e. The number of methoxy groups -OCH3 is 2. The number of nitrogens with zero attached hydrogens (tertiary/aromatic N) is 3. The molecule has 1 aliphatic rings. The van der Waals surface area contributed by atoms with Gasteiger partial charge in [-0.25, -0.2) is 13.2 Å². The van der Waals surface area contributed by atoms with Crippen LogP contribution in [0, 0.1) is 10.1 Å². The molecule has 0 spiro atoms. The average Bonchev–Trinajstić information content (AvgIpc) is 3.52. The fourth-order valence-corrected chi connectivity index (χ4v) is 7.53. The Morgan fingerprint density at radius 2 is 1.58 bits per heavy atom. The van der Waals surface area contributed by atoms with E-state index in [2.05, 4.69) is 5.32 Å². The molecule has 224 valence electrons. The third kappa shape index (κ3) is 6.40. The Bertz CT molecular complexity index is 1730. The molecule has 0 aliphatic carbocycles. The molecule has 0 unspecified atom stereocenters. The minimum absolute atomic E-state index is 0.0834. The van der Waals surface area contributed by atoms with Crippen LogP contribution in [0.25, 0.3) is 11.1 Å². The molecular formula is C29H28N4O8S2. The van der Waals surface area contributed by atoms with Gasteiger partial charge in [-0.05, 0) is 41.8 Å². The molecular weight excluding hydrogens is 596 g/mol. The summed E-state index contributed by atoms with van der Waals surface area (Å²) in [7, 11) is -0.815. The second-order valence-electron chi connectivity index (χ2n) is 9.36. The van der Waals surface area contributed by atoms with E-state index in [1.54, 1.807) is 55.0 Å². The zero-order chi connectivity index (χ0) is 30.6. The lowest BCUT2D eigenvalue weighted by atomic mass is 10.1. The summed E-state index contributed by atoms with van der Waals surface area (Å²) in [5.74, 6) is 2.01. The van der Waals surface area contributed by atoms with Gasteiger partial charge in [0.15, 0.2) is 11.5 Å². The molecule has 0 bridgehead atoms. The Hall–Kier alpha value is -4.66. The summed E-state index contributed by atoms with van der Waals surface area (Å²) < 4.78 is 46.0. The Morgan fingerprint density at radius 3 is 2.26 bits per heavy atom. The lowest BCUT2D eigenvalue weighted by Gasteiger charge is -2.33. The van der Waals surface area contributed by atoms with Gasteiger partial charge in [0.2, 0.25) is 0 Å². The number of benzene rings is 3. The molecule has 5 rings (SSSR count). The van der Waals surface area contributed by atoms with Crippen molar-refractivity contribution in [3.8, 4) is 34.1 Å². The Labute approximate surface area is 252 Å². The molecule has 1 fully saturated rings. The molecule has 1 saturated heterocycles. The number of thiophene rings is 1. The van der Waals surface area contributed by atoms with Crippen LogP contribution in [0.5, 0.6) is 23.0 Å². The van der Waals surface area contributed by atoms with Gasteiger partial charge < -0.3 is 24.4 Å². The van der Waals surface area contributed by atoms with E-state index in [4.69, 9.17) is 14.2 Å². The number of hydrogen-bond acceptors (Lipinski definition) is 9. The number of ether oxygens (including phenoxy) is 3. The Morgan fingerprint density at radius 1 is 0.884 bits per heavy atom. The highest BCUT2D eigenvalue weighted by molar-refractivity contribution is 7.91. The van der Waals surface area contributed by atoms with Crippen molar-refractivity contribution in [2.75, 3.05) is 45.7 Å². The smallest absolute Gasteiger partial charge is 0.321 e. The normalized spacial score (nSPS) is 13.8. The van der Waals surface area contributed by atoms with Crippen LogP contribution in [0.1, 0.15) is 0 Å². The van der Waals surface area contributed by atoms with Crippen molar-refractivity contribution in [3.63, 3.8) is 0 Å². The Balaban J connectivity index is 1.30. The van der Waals surface area contributed by atoms with E-state index >= 15 is 0 Å². The summed E-state index contributed by atoms with van der Waals surface area (Å²) in [6.07, 6.45) is 0. The molecule has 0 radical (unpaired) electrons. The van der Waals surface area contributed by atoms with Gasteiger partial charge in [0, 0.05) is 61.2 Å². The summed E-state index contributed by atoms with van der Waals surface area (Å²) in [5, 5.41) is 15.3. The summed E-state index contributed by atoms with van der Waals surface area (Å²) in [5.41, 5.74) is 1.44. The second kappa shape index (κ2) is 12.7. The van der Waals surface area contributed by atoms with Crippen molar-refractivity contribution in [2.45, 2.75) is 4.21 Å². The van der Waals surface area contributed by atoms with Gasteiger partial charge in [0.25, 0.3) is 15.7 Å². The van der Waals surface area contributed by atoms with Crippen molar-refractivity contribution in [1.82, 2.24) is 9.21 Å². The first-order valence-electron chi connectivity index (χ1n) is 13.1. The number of non-ortho nitro benzene ring substituents is 1. The molecule has 3 aromatic carbocycles. The number of nitro benzene ring substituents is 1. The van der Waals surface area contributed by atoms with Gasteiger partial charge in [-0.3, -0.25) is 10.1 Å². The number of para-hydroxylation sites is 1. The van der Waals surface area contributed by atoms with Crippen LogP contribution in [-0.4, -0.2) is 69.0 Å². The van der Waals surface area contributed by atoms with Crippen LogP contribution in [0.4, 0.5) is 16.2 Å². The highest BCUT2D eigenvalue weighted by Crippen LogP contribution is 2.41. The van der Waals surface area contributed by atoms with Crippen molar-refractivity contribution >= 4 is 38.8 Å². The number of carbonyl (C=O) groups is 1. The van der Waals surface area contributed by atoms with Crippen LogP contribution in [-0.2, 0) is 10.0 Å². The van der Waals surface area contributed by atoms with Crippen LogP contribution in [0.2, 0.25) is 0 Å². The van der Waals surface area contributed by atoms with Crippen LogP contribution < -0.4 is 19.5 Å². The van der Waals surface area contributed by atoms with Crippen molar-refractivity contribution in [3.05, 3.63) is 88.3 Å². The molecule has 12 nitrogen and oxygen atoms in total. The van der Waals surface area contributed by atoms with Gasteiger partial charge in [0.05, 0.1) is 19.1 Å². The Kier molecular flexibility index (Phi) is 8.80. The number of carbonyl (C=O) groups excluding carboxylic acids is 1. The molecule has 1 aromatic heterocycles. The molecule has 2 heterocycles. The van der Waals surface area contributed by atoms with Gasteiger partial charge in [-0.2, -0.15) is 4.31 Å². The topological polar surface area (TPSA) is 141 Å². The van der Waals surface area contributed by atoms with Gasteiger partial charge in [-0.15, -0.1) is 11.3 Å². The summed E-state index contributed by atoms with van der Waals surface area (Å²) >= 11 is 1.12. The number of urea groups is 1. The first-order chi connectivity index (χ1) is 20.7.